The molecule has 0 saturated carbocycles. The summed E-state index contributed by atoms with van der Waals surface area (Å²) in [6.45, 7) is 4.54. The number of hydrogen-bond acceptors (Lipinski definition) is 4. The number of methoxy groups -OCH3 is 1. The molecule has 0 bridgehead atoms. The number of pyridine rings is 1. The molecule has 0 N–H and O–H groups in total. The molecule has 1 amide bonds. The topological polar surface area (TPSA) is 45.7 Å². The number of carbonyl (C=O) groups excluding carboxylic acids is 1. The summed E-state index contributed by atoms with van der Waals surface area (Å²) in [6.07, 6.45) is 1.78. The Bertz CT molecular complexity index is 743. The fraction of sp³-hybridized carbons (Fsp3) is 0.333. The smallest absolute Gasteiger partial charge is 0.257 e. The van der Waals surface area contributed by atoms with Gasteiger partial charge in [-0.2, -0.15) is 0 Å². The normalized spacial score (nSPS) is 14.6. The number of anilines is 1. The van der Waals surface area contributed by atoms with E-state index in [1.807, 2.05) is 19.1 Å². The van der Waals surface area contributed by atoms with E-state index in [2.05, 4.69) is 9.88 Å². The van der Waals surface area contributed by atoms with Crippen molar-refractivity contribution in [2.75, 3.05) is 38.2 Å². The number of nitrogens with zero attached hydrogens (tertiary/aromatic N) is 3. The van der Waals surface area contributed by atoms with Crippen molar-refractivity contribution in [1.82, 2.24) is 9.88 Å². The summed E-state index contributed by atoms with van der Waals surface area (Å²) < 4.78 is 18.8. The highest BCUT2D eigenvalue weighted by atomic mass is 19.1. The van der Waals surface area contributed by atoms with Crippen LogP contribution in [0.2, 0.25) is 0 Å². The molecule has 126 valence electrons. The Morgan fingerprint density at radius 1 is 1.17 bits per heavy atom. The molecule has 6 heteroatoms. The lowest BCUT2D eigenvalue weighted by atomic mass is 10.1. The van der Waals surface area contributed by atoms with Crippen LogP contribution in [0.25, 0.3) is 0 Å². The van der Waals surface area contributed by atoms with Gasteiger partial charge in [-0.1, -0.05) is 12.1 Å². The highest BCUT2D eigenvalue weighted by Crippen LogP contribution is 2.25. The largest absolute Gasteiger partial charge is 0.493 e. The highest BCUT2D eigenvalue weighted by Gasteiger charge is 2.26. The van der Waals surface area contributed by atoms with Gasteiger partial charge < -0.3 is 14.5 Å². The maximum absolute atomic E-state index is 13.8. The van der Waals surface area contributed by atoms with E-state index in [4.69, 9.17) is 4.74 Å². The van der Waals surface area contributed by atoms with E-state index >= 15 is 0 Å². The fourth-order valence-corrected chi connectivity index (χ4v) is 2.98. The minimum atomic E-state index is -0.522. The first-order valence-electron chi connectivity index (χ1n) is 7.90. The lowest BCUT2D eigenvalue weighted by Crippen LogP contribution is -2.49. The first-order chi connectivity index (χ1) is 11.6. The molecule has 0 atom stereocenters. The molecule has 1 aliphatic heterocycles. The van der Waals surface area contributed by atoms with Crippen LogP contribution in [-0.4, -0.2) is 49.1 Å². The lowest BCUT2D eigenvalue weighted by molar-refractivity contribution is 0.0742. The third-order valence-electron chi connectivity index (χ3n) is 4.25. The second-order valence-electron chi connectivity index (χ2n) is 5.74. The van der Waals surface area contributed by atoms with Crippen molar-refractivity contribution in [2.45, 2.75) is 6.92 Å². The van der Waals surface area contributed by atoms with Crippen molar-refractivity contribution < 1.29 is 13.9 Å². The van der Waals surface area contributed by atoms with Gasteiger partial charge in [0.15, 0.2) is 11.6 Å². The average molecular weight is 329 g/mol. The Balaban J connectivity index is 1.72. The van der Waals surface area contributed by atoms with E-state index in [0.717, 1.165) is 11.4 Å². The minimum absolute atomic E-state index is 0.00509. The van der Waals surface area contributed by atoms with Crippen LogP contribution < -0.4 is 9.64 Å². The number of carbonyl (C=O) groups is 1. The third kappa shape index (κ3) is 3.04. The molecule has 2 heterocycles. The van der Waals surface area contributed by atoms with Crippen molar-refractivity contribution in [3.63, 3.8) is 0 Å². The third-order valence-corrected chi connectivity index (χ3v) is 4.25. The number of benzene rings is 1. The molecule has 1 fully saturated rings. The van der Waals surface area contributed by atoms with Crippen LogP contribution in [0.3, 0.4) is 0 Å². The number of amides is 1. The summed E-state index contributed by atoms with van der Waals surface area (Å²) in [6, 6.07) is 8.35. The van der Waals surface area contributed by atoms with Gasteiger partial charge in [0.05, 0.1) is 12.7 Å². The molecule has 2 aromatic rings. The number of piperazine rings is 1. The van der Waals surface area contributed by atoms with Gasteiger partial charge in [0.2, 0.25) is 0 Å². The fourth-order valence-electron chi connectivity index (χ4n) is 2.98. The second kappa shape index (κ2) is 6.86. The quantitative estimate of drug-likeness (QED) is 0.868. The van der Waals surface area contributed by atoms with Crippen LogP contribution in [0.15, 0.2) is 36.5 Å². The van der Waals surface area contributed by atoms with Gasteiger partial charge in [0.25, 0.3) is 5.91 Å². The van der Waals surface area contributed by atoms with Crippen LogP contribution >= 0.6 is 0 Å². The molecule has 3 rings (SSSR count). The molecule has 0 unspecified atom stereocenters. The van der Waals surface area contributed by atoms with E-state index in [1.54, 1.807) is 17.2 Å². The van der Waals surface area contributed by atoms with Gasteiger partial charge in [-0.05, 0) is 30.7 Å². The monoisotopic (exact) mass is 329 g/mol. The number of rotatable bonds is 3. The van der Waals surface area contributed by atoms with E-state index in [9.17, 15) is 9.18 Å². The molecular weight excluding hydrogens is 309 g/mol. The summed E-state index contributed by atoms with van der Waals surface area (Å²) in [4.78, 5) is 21.0. The van der Waals surface area contributed by atoms with Crippen molar-refractivity contribution in [3.05, 3.63) is 53.5 Å². The predicted octanol–water partition coefficient (Wildman–Crippen LogP) is 2.50. The molecule has 1 aromatic carbocycles. The highest BCUT2D eigenvalue weighted by molar-refractivity contribution is 5.97. The number of halogens is 1. The summed E-state index contributed by atoms with van der Waals surface area (Å²) in [5, 5.41) is 0. The van der Waals surface area contributed by atoms with Crippen LogP contribution in [0.4, 0.5) is 10.2 Å². The molecule has 1 saturated heterocycles. The lowest BCUT2D eigenvalue weighted by Gasteiger charge is -2.36. The van der Waals surface area contributed by atoms with Crippen molar-refractivity contribution >= 4 is 11.7 Å². The summed E-state index contributed by atoms with van der Waals surface area (Å²) in [5.41, 5.74) is 1.38. The van der Waals surface area contributed by atoms with E-state index in [-0.39, 0.29) is 17.2 Å². The SMILES string of the molecule is COc1c(F)cccc1C(=O)N1CCN(c2ncccc2C)CC1. The zero-order valence-electron chi connectivity index (χ0n) is 13.8. The van der Waals surface area contributed by atoms with Crippen LogP contribution in [-0.2, 0) is 0 Å². The van der Waals surface area contributed by atoms with E-state index < -0.39 is 5.82 Å². The first kappa shape index (κ1) is 16.2. The zero-order valence-corrected chi connectivity index (χ0v) is 13.8. The maximum atomic E-state index is 13.8. The maximum Gasteiger partial charge on any atom is 0.257 e. The summed E-state index contributed by atoms with van der Waals surface area (Å²) in [5.74, 6) is 0.230. The Hall–Kier alpha value is -2.63. The molecule has 1 aliphatic rings. The number of hydrogen-bond donors (Lipinski definition) is 0. The molecule has 5 nitrogen and oxygen atoms in total. The van der Waals surface area contributed by atoms with Gasteiger partial charge >= 0.3 is 0 Å². The number of ether oxygens (including phenoxy) is 1. The van der Waals surface area contributed by atoms with Crippen LogP contribution in [0.5, 0.6) is 5.75 Å². The second-order valence-corrected chi connectivity index (χ2v) is 5.74. The summed E-state index contributed by atoms with van der Waals surface area (Å²) in [7, 11) is 1.37. The number of aromatic nitrogens is 1. The molecule has 0 aliphatic carbocycles. The van der Waals surface area contributed by atoms with E-state index in [1.165, 1.54) is 19.2 Å². The Labute approximate surface area is 140 Å². The zero-order chi connectivity index (χ0) is 17.1. The van der Waals surface area contributed by atoms with Crippen LogP contribution in [0, 0.1) is 12.7 Å². The number of para-hydroxylation sites is 1. The molecular formula is C18H20FN3O2. The Kier molecular flexibility index (Phi) is 4.64. The predicted molar refractivity (Wildman–Crippen MR) is 90.0 cm³/mol. The number of aryl methyl sites for hydroxylation is 1. The molecule has 0 radical (unpaired) electrons. The van der Waals surface area contributed by atoms with Gasteiger partial charge in [0, 0.05) is 32.4 Å². The molecule has 0 spiro atoms. The standard InChI is InChI=1S/C18H20FN3O2/c1-13-5-4-8-20-17(13)21-9-11-22(12-10-21)18(23)14-6-3-7-15(19)16(14)24-2/h3-8H,9-12H2,1-2H3. The van der Waals surface area contributed by atoms with Gasteiger partial charge in [-0.3, -0.25) is 4.79 Å². The average Bonchev–Trinajstić information content (AvgIpc) is 2.61. The molecule has 24 heavy (non-hydrogen) atoms. The molecule has 1 aromatic heterocycles. The minimum Gasteiger partial charge on any atom is -0.493 e. The van der Waals surface area contributed by atoms with Crippen molar-refractivity contribution in [2.24, 2.45) is 0 Å². The first-order valence-corrected chi connectivity index (χ1v) is 7.90. The van der Waals surface area contributed by atoms with Crippen LogP contribution in [0.1, 0.15) is 15.9 Å². The van der Waals surface area contributed by atoms with Gasteiger partial charge in [-0.15, -0.1) is 0 Å². The van der Waals surface area contributed by atoms with Gasteiger partial charge in [0.1, 0.15) is 5.82 Å². The Morgan fingerprint density at radius 3 is 2.58 bits per heavy atom. The summed E-state index contributed by atoms with van der Waals surface area (Å²) >= 11 is 0. The van der Waals surface area contributed by atoms with Crippen molar-refractivity contribution in [1.29, 1.82) is 0 Å². The van der Waals surface area contributed by atoms with E-state index in [0.29, 0.717) is 26.2 Å². The Morgan fingerprint density at radius 2 is 1.92 bits per heavy atom. The van der Waals surface area contributed by atoms with Crippen molar-refractivity contribution in [3.8, 4) is 5.75 Å². The van der Waals surface area contributed by atoms with Gasteiger partial charge in [-0.25, -0.2) is 9.37 Å².